The number of hydrogen-bond acceptors (Lipinski definition) is 3. The third kappa shape index (κ3) is 5.45. The number of rotatable bonds is 4. The van der Waals surface area contributed by atoms with E-state index in [1.165, 1.54) is 30.9 Å². The molecule has 0 spiro atoms. The molecule has 1 aromatic rings. The molecule has 0 bridgehead atoms. The van der Waals surface area contributed by atoms with Crippen molar-refractivity contribution in [1.82, 2.24) is 9.80 Å². The molecule has 2 rings (SSSR count). The predicted octanol–water partition coefficient (Wildman–Crippen LogP) is 2.14. The number of halogens is 3. The number of carbonyl (C=O) groups excluding carboxylic acids is 3. The quantitative estimate of drug-likeness (QED) is 0.798. The summed E-state index contributed by atoms with van der Waals surface area (Å²) >= 11 is 0. The highest BCUT2D eigenvalue weighted by Gasteiger charge is 2.30. The first-order chi connectivity index (χ1) is 12.6. The fraction of sp³-hybridized carbons (Fsp3) is 0.500. The van der Waals surface area contributed by atoms with Crippen molar-refractivity contribution in [2.75, 3.05) is 37.6 Å². The van der Waals surface area contributed by atoms with Crippen LogP contribution in [0, 0.1) is 0 Å². The predicted molar refractivity (Wildman–Crippen MR) is 92.9 cm³/mol. The van der Waals surface area contributed by atoms with Crippen molar-refractivity contribution in [1.29, 1.82) is 0 Å². The Kier molecular flexibility index (Phi) is 6.45. The lowest BCUT2D eigenvalue weighted by Gasteiger charge is -2.34. The van der Waals surface area contributed by atoms with Gasteiger partial charge in [-0.1, -0.05) is 0 Å². The van der Waals surface area contributed by atoms with E-state index in [4.69, 9.17) is 0 Å². The minimum Gasteiger partial charge on any atom is -0.339 e. The van der Waals surface area contributed by atoms with Gasteiger partial charge in [0.05, 0.1) is 5.56 Å². The smallest absolute Gasteiger partial charge is 0.339 e. The van der Waals surface area contributed by atoms with Gasteiger partial charge in [0.1, 0.15) is 0 Å². The maximum Gasteiger partial charge on any atom is 0.416 e. The highest BCUT2D eigenvalue weighted by molar-refractivity contribution is 5.92. The highest BCUT2D eigenvalue weighted by atomic mass is 19.4. The summed E-state index contributed by atoms with van der Waals surface area (Å²) in [6.07, 6.45) is -4.39. The average Bonchev–Trinajstić information content (AvgIpc) is 2.61. The number of nitrogens with zero attached hydrogens (tertiary/aromatic N) is 3. The third-order valence-corrected chi connectivity index (χ3v) is 4.51. The highest BCUT2D eigenvalue weighted by Crippen LogP contribution is 2.30. The van der Waals surface area contributed by atoms with Crippen LogP contribution in [0.25, 0.3) is 0 Å². The van der Waals surface area contributed by atoms with Gasteiger partial charge in [-0.2, -0.15) is 13.2 Å². The number of benzene rings is 1. The zero-order chi connectivity index (χ0) is 20.2. The third-order valence-electron chi connectivity index (χ3n) is 4.51. The second kappa shape index (κ2) is 8.41. The zero-order valence-corrected chi connectivity index (χ0v) is 15.3. The Bertz CT molecular complexity index is 696. The lowest BCUT2D eigenvalue weighted by Crippen LogP contribution is -2.50. The average molecular weight is 385 g/mol. The fourth-order valence-electron chi connectivity index (χ4n) is 2.94. The molecule has 1 aliphatic rings. The van der Waals surface area contributed by atoms with E-state index in [1.807, 2.05) is 0 Å². The summed E-state index contributed by atoms with van der Waals surface area (Å²) in [6.45, 7) is 4.65. The summed E-state index contributed by atoms with van der Waals surface area (Å²) in [5.41, 5.74) is -0.487. The van der Waals surface area contributed by atoms with E-state index in [0.717, 1.165) is 12.1 Å². The monoisotopic (exact) mass is 385 g/mol. The number of anilines is 1. The van der Waals surface area contributed by atoms with Crippen LogP contribution in [0.15, 0.2) is 24.3 Å². The van der Waals surface area contributed by atoms with Crippen molar-refractivity contribution in [3.63, 3.8) is 0 Å². The minimum atomic E-state index is -4.45. The molecule has 148 valence electrons. The Morgan fingerprint density at radius 3 is 1.93 bits per heavy atom. The van der Waals surface area contributed by atoms with Crippen molar-refractivity contribution in [3.05, 3.63) is 29.8 Å². The Hall–Kier alpha value is -2.58. The first kappa shape index (κ1) is 20.7. The maximum atomic E-state index is 12.7. The zero-order valence-electron chi connectivity index (χ0n) is 15.3. The normalized spacial score (nSPS) is 14.9. The van der Waals surface area contributed by atoms with Gasteiger partial charge in [0.25, 0.3) is 0 Å². The summed E-state index contributed by atoms with van der Waals surface area (Å²) in [6, 6.07) is 4.27. The van der Waals surface area contributed by atoms with Crippen LogP contribution >= 0.6 is 0 Å². The number of alkyl halides is 3. The van der Waals surface area contributed by atoms with Crippen LogP contribution in [0.4, 0.5) is 18.9 Å². The lowest BCUT2D eigenvalue weighted by atomic mass is 10.1. The van der Waals surface area contributed by atoms with Gasteiger partial charge in [-0.05, 0) is 24.3 Å². The molecule has 0 atom stereocenters. The van der Waals surface area contributed by atoms with E-state index in [0.29, 0.717) is 31.9 Å². The molecule has 9 heteroatoms. The van der Waals surface area contributed by atoms with Gasteiger partial charge in [0.2, 0.25) is 17.7 Å². The van der Waals surface area contributed by atoms with E-state index >= 15 is 0 Å². The van der Waals surface area contributed by atoms with E-state index in [-0.39, 0.29) is 30.7 Å². The molecule has 6 nitrogen and oxygen atoms in total. The van der Waals surface area contributed by atoms with E-state index in [9.17, 15) is 27.6 Å². The molecule has 1 fully saturated rings. The van der Waals surface area contributed by atoms with Crippen molar-refractivity contribution in [3.8, 4) is 0 Å². The molecular weight excluding hydrogens is 363 g/mol. The summed E-state index contributed by atoms with van der Waals surface area (Å²) in [4.78, 5) is 40.1. The van der Waals surface area contributed by atoms with Gasteiger partial charge >= 0.3 is 6.18 Å². The number of carbonyl (C=O) groups is 3. The van der Waals surface area contributed by atoms with Gasteiger partial charge < -0.3 is 14.7 Å². The molecule has 0 aliphatic carbocycles. The minimum absolute atomic E-state index is 0.0350. The molecule has 1 heterocycles. The van der Waals surface area contributed by atoms with Crippen LogP contribution < -0.4 is 4.90 Å². The Morgan fingerprint density at radius 2 is 1.48 bits per heavy atom. The van der Waals surface area contributed by atoms with Crippen LogP contribution in [0.5, 0.6) is 0 Å². The van der Waals surface area contributed by atoms with Crippen LogP contribution in [0.1, 0.15) is 25.8 Å². The van der Waals surface area contributed by atoms with Crippen molar-refractivity contribution in [2.45, 2.75) is 26.4 Å². The van der Waals surface area contributed by atoms with E-state index in [1.54, 1.807) is 9.80 Å². The Morgan fingerprint density at radius 1 is 0.963 bits per heavy atom. The molecule has 1 aliphatic heterocycles. The molecule has 1 saturated heterocycles. The second-order valence-corrected chi connectivity index (χ2v) is 6.35. The second-order valence-electron chi connectivity index (χ2n) is 6.35. The summed E-state index contributed by atoms with van der Waals surface area (Å²) in [5, 5.41) is 0. The topological polar surface area (TPSA) is 60.9 Å². The summed E-state index contributed by atoms with van der Waals surface area (Å²) in [7, 11) is 0. The van der Waals surface area contributed by atoms with Gasteiger partial charge in [0.15, 0.2) is 0 Å². The standard InChI is InChI=1S/C18H22F3N3O3/c1-13(25)22-9-11-23(12-10-22)17(27)7-8-24(14(2)26)16-5-3-15(4-6-16)18(19,20)21/h3-6H,7-12H2,1-2H3. The van der Waals surface area contributed by atoms with Crippen LogP contribution in [-0.2, 0) is 20.6 Å². The number of amides is 3. The summed E-state index contributed by atoms with van der Waals surface area (Å²) < 4.78 is 38.0. The molecule has 1 aromatic carbocycles. The molecule has 0 N–H and O–H groups in total. The maximum absolute atomic E-state index is 12.7. The SMILES string of the molecule is CC(=O)N1CCN(C(=O)CCN(C(C)=O)c2ccc(C(F)(F)F)cc2)CC1. The molecule has 0 unspecified atom stereocenters. The largest absolute Gasteiger partial charge is 0.416 e. The van der Waals surface area contributed by atoms with Crippen molar-refractivity contribution >= 4 is 23.4 Å². The Labute approximate surface area is 155 Å². The number of piperazine rings is 1. The van der Waals surface area contributed by atoms with Gasteiger partial charge in [-0.15, -0.1) is 0 Å². The van der Waals surface area contributed by atoms with Gasteiger partial charge in [-0.3, -0.25) is 14.4 Å². The first-order valence-electron chi connectivity index (χ1n) is 8.58. The number of hydrogen-bond donors (Lipinski definition) is 0. The van der Waals surface area contributed by atoms with Crippen molar-refractivity contribution < 1.29 is 27.6 Å². The molecule has 0 saturated carbocycles. The molecule has 0 aromatic heterocycles. The first-order valence-corrected chi connectivity index (χ1v) is 8.58. The molecular formula is C18H22F3N3O3. The van der Waals surface area contributed by atoms with Crippen LogP contribution in [0.3, 0.4) is 0 Å². The fourth-order valence-corrected chi connectivity index (χ4v) is 2.94. The lowest BCUT2D eigenvalue weighted by molar-refractivity contribution is -0.138. The van der Waals surface area contributed by atoms with Crippen LogP contribution in [0.2, 0.25) is 0 Å². The van der Waals surface area contributed by atoms with Gasteiger partial charge in [0, 0.05) is 58.7 Å². The molecule has 3 amide bonds. The summed E-state index contributed by atoms with van der Waals surface area (Å²) in [5.74, 6) is -0.549. The van der Waals surface area contributed by atoms with Gasteiger partial charge in [-0.25, -0.2) is 0 Å². The van der Waals surface area contributed by atoms with Crippen molar-refractivity contribution in [2.24, 2.45) is 0 Å². The van der Waals surface area contributed by atoms with E-state index < -0.39 is 11.7 Å². The molecule has 27 heavy (non-hydrogen) atoms. The molecule has 0 radical (unpaired) electrons. The van der Waals surface area contributed by atoms with E-state index in [2.05, 4.69) is 0 Å². The Balaban J connectivity index is 1.96. The van der Waals surface area contributed by atoms with Crippen LogP contribution in [-0.4, -0.2) is 60.2 Å².